The molecule has 4 heterocycles. The predicted octanol–water partition coefficient (Wildman–Crippen LogP) is 0.448. The molecule has 1 aromatic heterocycles. The van der Waals surface area contributed by atoms with Crippen LogP contribution in [0.3, 0.4) is 0 Å². The number of β-lactam (4-membered cyclic amide) rings is 1. The first-order valence-electron chi connectivity index (χ1n) is 10.5. The Hall–Kier alpha value is -3.01. The number of nitrogens with zero attached hydrogens (tertiary/aromatic N) is 4. The molecular formula is C20H24FN6O6S2+. The monoisotopic (exact) mass is 527 g/mol. The Morgan fingerprint density at radius 3 is 2.89 bits per heavy atom. The molecule has 35 heavy (non-hydrogen) atoms. The number of quaternary nitrogens is 1. The zero-order chi connectivity index (χ0) is 25.3. The van der Waals surface area contributed by atoms with Crippen molar-refractivity contribution in [2.45, 2.75) is 23.9 Å². The van der Waals surface area contributed by atoms with Crippen LogP contribution in [0.1, 0.15) is 12.1 Å². The van der Waals surface area contributed by atoms with Gasteiger partial charge in [-0.3, -0.25) is 14.5 Å². The summed E-state index contributed by atoms with van der Waals surface area (Å²) in [5.74, 6) is -2.34. The number of nitrogens with two attached hydrogens (primary N) is 1. The van der Waals surface area contributed by atoms with E-state index >= 15 is 0 Å². The number of amides is 2. The van der Waals surface area contributed by atoms with Gasteiger partial charge in [0.25, 0.3) is 18.7 Å². The number of carboxylic acids is 1. The molecule has 3 aliphatic heterocycles. The molecular weight excluding hydrogens is 503 g/mol. The lowest BCUT2D eigenvalue weighted by Crippen LogP contribution is -2.71. The lowest BCUT2D eigenvalue weighted by molar-refractivity contribution is -1.06. The Labute approximate surface area is 207 Å². The number of hydroxylamine groups is 3. The standard InChI is InChI=1S/C20H23FN6O6S2/c1-27(2)6-5-11(33-27)4-3-10-7-34-18-14(17(29)26(18)15(10)19(30)31)24-16(28)13(25-32-9-21)12-8-35-20(22)23-12/h3-4,8,11,14,18H,5-7,9H2,1-2H3,(H3-,22,23,24,28,30,31)/p+1/b4-3+,25-13-/t11?,14-,18-/m1/s1. The van der Waals surface area contributed by atoms with Crippen molar-refractivity contribution < 1.29 is 38.2 Å². The van der Waals surface area contributed by atoms with E-state index in [4.69, 9.17) is 10.6 Å². The molecule has 3 atom stereocenters. The van der Waals surface area contributed by atoms with Crippen molar-refractivity contribution in [2.24, 2.45) is 5.16 Å². The maximum Gasteiger partial charge on any atom is 0.352 e. The molecule has 0 bridgehead atoms. The van der Waals surface area contributed by atoms with Crippen molar-refractivity contribution in [1.29, 1.82) is 0 Å². The summed E-state index contributed by atoms with van der Waals surface area (Å²) < 4.78 is 12.9. The Morgan fingerprint density at radius 2 is 2.29 bits per heavy atom. The van der Waals surface area contributed by atoms with Gasteiger partial charge in [-0.1, -0.05) is 11.2 Å². The molecule has 4 rings (SSSR count). The number of carbonyl (C=O) groups excluding carboxylic acids is 2. The maximum atomic E-state index is 12.9. The fraction of sp³-hybridized carbons (Fsp3) is 0.450. The largest absolute Gasteiger partial charge is 0.477 e. The summed E-state index contributed by atoms with van der Waals surface area (Å²) in [7, 11) is 3.88. The fourth-order valence-electron chi connectivity index (χ4n) is 3.94. The molecule has 4 N–H and O–H groups in total. The lowest BCUT2D eigenvalue weighted by Gasteiger charge is -2.49. The van der Waals surface area contributed by atoms with E-state index in [1.54, 1.807) is 6.08 Å². The third-order valence-electron chi connectivity index (χ3n) is 5.56. The summed E-state index contributed by atoms with van der Waals surface area (Å²) in [5, 5.41) is 16.8. The van der Waals surface area contributed by atoms with Crippen molar-refractivity contribution >= 4 is 51.7 Å². The summed E-state index contributed by atoms with van der Waals surface area (Å²) in [5.41, 5.74) is 5.66. The van der Waals surface area contributed by atoms with Gasteiger partial charge in [-0.15, -0.1) is 23.1 Å². The minimum Gasteiger partial charge on any atom is -0.477 e. The number of fused-ring (bicyclic) bond motifs is 1. The van der Waals surface area contributed by atoms with Crippen LogP contribution >= 0.6 is 23.1 Å². The van der Waals surface area contributed by atoms with Crippen molar-refractivity contribution in [2.75, 3.05) is 39.0 Å². The summed E-state index contributed by atoms with van der Waals surface area (Å²) in [4.78, 5) is 53.1. The second-order valence-corrected chi connectivity index (χ2v) is 10.4. The number of carbonyl (C=O) groups is 3. The maximum absolute atomic E-state index is 12.9. The smallest absolute Gasteiger partial charge is 0.352 e. The van der Waals surface area contributed by atoms with Crippen LogP contribution in [-0.2, 0) is 24.1 Å². The van der Waals surface area contributed by atoms with E-state index in [1.165, 1.54) is 17.1 Å². The Balaban J connectivity index is 1.49. The lowest BCUT2D eigenvalue weighted by atomic mass is 10.0. The van der Waals surface area contributed by atoms with Crippen LogP contribution in [0, 0.1) is 0 Å². The summed E-state index contributed by atoms with van der Waals surface area (Å²) in [6, 6.07) is -1.00. The molecule has 2 amide bonds. The molecule has 0 radical (unpaired) electrons. The first kappa shape index (κ1) is 25.1. The zero-order valence-corrected chi connectivity index (χ0v) is 20.5. The number of alkyl halides is 1. The Morgan fingerprint density at radius 1 is 1.51 bits per heavy atom. The Kier molecular flexibility index (Phi) is 7.12. The number of nitrogen functional groups attached to an aromatic ring is 1. The number of anilines is 1. The van der Waals surface area contributed by atoms with E-state index in [2.05, 4.69) is 20.3 Å². The second kappa shape index (κ2) is 9.93. The summed E-state index contributed by atoms with van der Waals surface area (Å²) >= 11 is 2.36. The normalized spacial score (nSPS) is 26.0. The molecule has 2 fully saturated rings. The molecule has 0 saturated carbocycles. The van der Waals surface area contributed by atoms with Gasteiger partial charge >= 0.3 is 5.97 Å². The third-order valence-corrected chi connectivity index (χ3v) is 7.53. The number of thioether (sulfide) groups is 1. The van der Waals surface area contributed by atoms with Gasteiger partial charge in [-0.05, 0) is 11.6 Å². The topological polar surface area (TPSA) is 156 Å². The van der Waals surface area contributed by atoms with Gasteiger partial charge in [-0.2, -0.15) is 9.48 Å². The van der Waals surface area contributed by atoms with Crippen LogP contribution in [0.15, 0.2) is 34.0 Å². The molecule has 0 aliphatic carbocycles. The van der Waals surface area contributed by atoms with E-state index in [-0.39, 0.29) is 28.3 Å². The number of thiazole rings is 1. The third kappa shape index (κ3) is 5.17. The van der Waals surface area contributed by atoms with E-state index in [1.807, 2.05) is 20.2 Å². The quantitative estimate of drug-likeness (QED) is 0.189. The predicted molar refractivity (Wildman–Crippen MR) is 125 cm³/mol. The molecule has 2 saturated heterocycles. The van der Waals surface area contributed by atoms with Crippen LogP contribution in [0.2, 0.25) is 0 Å². The molecule has 0 spiro atoms. The molecule has 15 heteroatoms. The highest BCUT2D eigenvalue weighted by Crippen LogP contribution is 2.41. The number of halogens is 1. The number of hydrogen-bond donors (Lipinski definition) is 3. The number of nitrogens with one attached hydrogen (secondary N) is 1. The van der Waals surface area contributed by atoms with E-state index < -0.39 is 36.1 Å². The van der Waals surface area contributed by atoms with Crippen molar-refractivity contribution in [3.63, 3.8) is 0 Å². The van der Waals surface area contributed by atoms with Gasteiger partial charge in [0.05, 0.1) is 14.1 Å². The van der Waals surface area contributed by atoms with Crippen LogP contribution in [-0.4, -0.2) is 93.9 Å². The number of aliphatic carboxylic acids is 1. The molecule has 1 unspecified atom stereocenters. The fourth-order valence-corrected chi connectivity index (χ4v) is 5.80. The summed E-state index contributed by atoms with van der Waals surface area (Å²) in [6.45, 7) is -0.436. The highest BCUT2D eigenvalue weighted by atomic mass is 32.2. The van der Waals surface area contributed by atoms with Crippen LogP contribution in [0.4, 0.5) is 9.52 Å². The SMILES string of the molecule is C[N+]1(C)CCC(/C=C/C2=C(C(=O)O)N3C(=O)[C@@H](NC(=O)/C(=N\OCF)c4csc(N)n4)[C@H]3SC2)O1. The van der Waals surface area contributed by atoms with Crippen molar-refractivity contribution in [3.8, 4) is 0 Å². The van der Waals surface area contributed by atoms with Crippen LogP contribution < -0.4 is 11.1 Å². The molecule has 188 valence electrons. The summed E-state index contributed by atoms with van der Waals surface area (Å²) in [6.07, 6.45) is 4.14. The molecule has 1 aromatic rings. The number of allylic oxidation sites excluding steroid dienone is 1. The minimum absolute atomic E-state index is 0.0628. The van der Waals surface area contributed by atoms with Crippen molar-refractivity contribution in [3.05, 3.63) is 34.5 Å². The van der Waals surface area contributed by atoms with Crippen LogP contribution in [0.5, 0.6) is 0 Å². The first-order valence-corrected chi connectivity index (χ1v) is 12.4. The number of carboxylic acid groups (broad SMARTS) is 1. The van der Waals surface area contributed by atoms with E-state index in [0.717, 1.165) is 29.2 Å². The van der Waals surface area contributed by atoms with Crippen LogP contribution in [0.25, 0.3) is 0 Å². The van der Waals surface area contributed by atoms with E-state index in [9.17, 15) is 23.9 Å². The minimum atomic E-state index is -1.27. The van der Waals surface area contributed by atoms with Gasteiger partial charge in [0, 0.05) is 17.6 Å². The number of aromatic nitrogens is 1. The zero-order valence-electron chi connectivity index (χ0n) is 18.8. The highest BCUT2D eigenvalue weighted by molar-refractivity contribution is 8.00. The van der Waals surface area contributed by atoms with Gasteiger partial charge in [-0.25, -0.2) is 14.2 Å². The number of hydrogen-bond acceptors (Lipinski definition) is 10. The van der Waals surface area contributed by atoms with E-state index in [0.29, 0.717) is 16.0 Å². The average Bonchev–Trinajstić information content (AvgIpc) is 3.39. The molecule has 3 aliphatic rings. The van der Waals surface area contributed by atoms with Gasteiger partial charge in [0.2, 0.25) is 0 Å². The number of rotatable bonds is 8. The van der Waals surface area contributed by atoms with Gasteiger partial charge < -0.3 is 21.0 Å². The molecule has 0 aromatic carbocycles. The highest BCUT2D eigenvalue weighted by Gasteiger charge is 2.54. The second-order valence-electron chi connectivity index (χ2n) is 8.38. The van der Waals surface area contributed by atoms with Gasteiger partial charge in [0.1, 0.15) is 35.5 Å². The number of oxime groups is 1. The first-order chi connectivity index (χ1) is 16.6. The average molecular weight is 528 g/mol. The van der Waals surface area contributed by atoms with Crippen molar-refractivity contribution in [1.82, 2.24) is 15.2 Å². The Bertz CT molecular complexity index is 1140. The van der Waals surface area contributed by atoms with Gasteiger partial charge in [0.15, 0.2) is 10.8 Å². The molecule has 12 nitrogen and oxygen atoms in total.